The van der Waals surface area contributed by atoms with Gasteiger partial charge in [-0.25, -0.2) is 0 Å². The maximum absolute atomic E-state index is 11.5. The maximum Gasteiger partial charge on any atom is 0.243 e. The maximum atomic E-state index is 11.5. The van der Waals surface area contributed by atoms with E-state index in [1.54, 1.807) is 24.3 Å². The average molecular weight is 247 g/mol. The van der Waals surface area contributed by atoms with E-state index in [0.29, 0.717) is 18.9 Å². The van der Waals surface area contributed by atoms with Crippen LogP contribution in [0.1, 0.15) is 12.8 Å². The second-order valence-corrected chi connectivity index (χ2v) is 3.69. The predicted molar refractivity (Wildman–Crippen MR) is 70.6 cm³/mol. The fourth-order valence-electron chi connectivity index (χ4n) is 1.33. The molecule has 0 fully saturated rings. The number of nitrogens with one attached hydrogen (secondary N) is 1. The molecule has 0 unspecified atom stereocenters. The van der Waals surface area contributed by atoms with E-state index in [4.69, 9.17) is 4.74 Å². The van der Waals surface area contributed by atoms with Crippen LogP contribution < -0.4 is 15.5 Å². The number of ether oxygens (including phenoxy) is 1. The van der Waals surface area contributed by atoms with Crippen molar-refractivity contribution in [2.24, 2.45) is 0 Å². The second kappa shape index (κ2) is 8.06. The highest BCUT2D eigenvalue weighted by Gasteiger charge is 1.97. The van der Waals surface area contributed by atoms with Crippen LogP contribution in [0.4, 0.5) is 0 Å². The van der Waals surface area contributed by atoms with E-state index in [-0.39, 0.29) is 11.3 Å². The molecule has 96 valence electrons. The number of unbranched alkanes of at least 4 members (excludes halogenated alkanes) is 1. The molecule has 1 N–H and O–H groups in total. The van der Waals surface area contributed by atoms with Gasteiger partial charge in [-0.05, 0) is 31.1 Å². The highest BCUT2D eigenvalue weighted by molar-refractivity contribution is 5.86. The summed E-state index contributed by atoms with van der Waals surface area (Å²) < 4.78 is 5.38. The molecule has 0 aromatic heterocycles. The van der Waals surface area contributed by atoms with Crippen molar-refractivity contribution in [2.75, 3.05) is 13.2 Å². The van der Waals surface area contributed by atoms with E-state index in [0.717, 1.165) is 12.8 Å². The van der Waals surface area contributed by atoms with Crippen LogP contribution >= 0.6 is 0 Å². The molecule has 1 aromatic rings. The number of rotatable bonds is 7. The van der Waals surface area contributed by atoms with Crippen molar-refractivity contribution >= 4 is 5.91 Å². The minimum absolute atomic E-state index is 0.125. The summed E-state index contributed by atoms with van der Waals surface area (Å²) in [4.78, 5) is 22.3. The normalized spacial score (nSPS) is 9.56. The van der Waals surface area contributed by atoms with E-state index >= 15 is 0 Å². The molecule has 0 aliphatic rings. The van der Waals surface area contributed by atoms with Crippen LogP contribution in [0.15, 0.2) is 47.8 Å². The molecule has 0 radical (unpaired) electrons. The summed E-state index contributed by atoms with van der Waals surface area (Å²) in [6.45, 7) is 4.41. The molecule has 18 heavy (non-hydrogen) atoms. The minimum atomic E-state index is -0.173. The molecule has 0 saturated carbocycles. The van der Waals surface area contributed by atoms with Gasteiger partial charge >= 0.3 is 0 Å². The quantitative estimate of drug-likeness (QED) is 0.587. The van der Waals surface area contributed by atoms with Crippen LogP contribution in [0.5, 0.6) is 5.75 Å². The lowest BCUT2D eigenvalue weighted by Crippen LogP contribution is -2.22. The Labute approximate surface area is 106 Å². The standard InChI is InChI=1S/C14H17NO3/c1-2-14(17)15-10-6-7-11-18-13-9-5-3-4-8-12(13)16/h2-5,8-9H,1,6-7,10-11H2,(H,15,17). The van der Waals surface area contributed by atoms with Gasteiger partial charge in [0.15, 0.2) is 5.75 Å². The summed E-state index contributed by atoms with van der Waals surface area (Å²) in [6.07, 6.45) is 2.81. The molecular formula is C14H17NO3. The lowest BCUT2D eigenvalue weighted by Gasteiger charge is -2.04. The van der Waals surface area contributed by atoms with Crippen molar-refractivity contribution in [2.45, 2.75) is 12.8 Å². The van der Waals surface area contributed by atoms with Crippen LogP contribution in [-0.2, 0) is 4.79 Å². The van der Waals surface area contributed by atoms with Gasteiger partial charge in [0.05, 0.1) is 6.61 Å². The van der Waals surface area contributed by atoms with Crippen molar-refractivity contribution in [3.63, 3.8) is 0 Å². The van der Waals surface area contributed by atoms with Gasteiger partial charge in [0.1, 0.15) is 0 Å². The van der Waals surface area contributed by atoms with E-state index in [1.807, 2.05) is 0 Å². The van der Waals surface area contributed by atoms with Crippen molar-refractivity contribution in [3.05, 3.63) is 53.2 Å². The predicted octanol–water partition coefficient (Wildman–Crippen LogP) is 1.51. The zero-order valence-electron chi connectivity index (χ0n) is 10.2. The van der Waals surface area contributed by atoms with E-state index < -0.39 is 0 Å². The first kappa shape index (κ1) is 14.0. The summed E-state index contributed by atoms with van der Waals surface area (Å²) in [5, 5.41) is 2.67. The van der Waals surface area contributed by atoms with E-state index in [1.165, 1.54) is 12.1 Å². The number of amides is 1. The Balaban J connectivity index is 2.22. The third-order valence-corrected chi connectivity index (χ3v) is 2.27. The van der Waals surface area contributed by atoms with Gasteiger partial charge in [0.25, 0.3) is 0 Å². The molecule has 1 aromatic carbocycles. The number of carbonyl (C=O) groups is 1. The Bertz CT molecular complexity index is 457. The van der Waals surface area contributed by atoms with Crippen LogP contribution in [0.2, 0.25) is 0 Å². The zero-order chi connectivity index (χ0) is 13.2. The van der Waals surface area contributed by atoms with Crippen molar-refractivity contribution in [1.29, 1.82) is 0 Å². The summed E-state index contributed by atoms with van der Waals surface area (Å²) in [6, 6.07) is 8.35. The Kier molecular flexibility index (Phi) is 6.25. The fourth-order valence-corrected chi connectivity index (χ4v) is 1.33. The summed E-state index contributed by atoms with van der Waals surface area (Å²) >= 11 is 0. The van der Waals surface area contributed by atoms with Gasteiger partial charge in [-0.15, -0.1) is 0 Å². The van der Waals surface area contributed by atoms with Crippen molar-refractivity contribution in [3.8, 4) is 5.75 Å². The molecule has 0 heterocycles. The molecule has 0 atom stereocenters. The Hall–Kier alpha value is -2.10. The van der Waals surface area contributed by atoms with Gasteiger partial charge in [-0.2, -0.15) is 0 Å². The highest BCUT2D eigenvalue weighted by Crippen LogP contribution is 2.01. The summed E-state index contributed by atoms with van der Waals surface area (Å²) in [7, 11) is 0. The lowest BCUT2D eigenvalue weighted by atomic mass is 10.3. The van der Waals surface area contributed by atoms with Gasteiger partial charge < -0.3 is 10.1 Å². The monoisotopic (exact) mass is 247 g/mol. The summed E-state index contributed by atoms with van der Waals surface area (Å²) in [5.41, 5.74) is -0.125. The Morgan fingerprint density at radius 1 is 1.28 bits per heavy atom. The van der Waals surface area contributed by atoms with E-state index in [9.17, 15) is 9.59 Å². The SMILES string of the molecule is C=CC(=O)NCCCCOc1cccccc1=O. The lowest BCUT2D eigenvalue weighted by molar-refractivity contribution is -0.116. The molecule has 4 nitrogen and oxygen atoms in total. The van der Waals surface area contributed by atoms with Crippen LogP contribution in [0.25, 0.3) is 0 Å². The van der Waals surface area contributed by atoms with Gasteiger partial charge in [-0.1, -0.05) is 24.8 Å². The topological polar surface area (TPSA) is 55.4 Å². The van der Waals surface area contributed by atoms with Gasteiger partial charge in [-0.3, -0.25) is 9.59 Å². The van der Waals surface area contributed by atoms with E-state index in [2.05, 4.69) is 11.9 Å². The first-order valence-electron chi connectivity index (χ1n) is 5.86. The van der Waals surface area contributed by atoms with Crippen LogP contribution in [-0.4, -0.2) is 19.1 Å². The summed E-state index contributed by atoms with van der Waals surface area (Å²) in [5.74, 6) is 0.183. The molecule has 1 amide bonds. The molecule has 4 heteroatoms. The molecule has 0 aliphatic carbocycles. The smallest absolute Gasteiger partial charge is 0.243 e. The van der Waals surface area contributed by atoms with Gasteiger partial charge in [0.2, 0.25) is 11.3 Å². The third-order valence-electron chi connectivity index (χ3n) is 2.27. The fraction of sp³-hybridized carbons (Fsp3) is 0.286. The van der Waals surface area contributed by atoms with Crippen LogP contribution in [0.3, 0.4) is 0 Å². The van der Waals surface area contributed by atoms with Crippen molar-refractivity contribution < 1.29 is 9.53 Å². The number of carbonyl (C=O) groups excluding carboxylic acids is 1. The average Bonchev–Trinajstić information content (AvgIpc) is 2.58. The molecular weight excluding hydrogens is 230 g/mol. The Morgan fingerprint density at radius 3 is 2.83 bits per heavy atom. The van der Waals surface area contributed by atoms with Gasteiger partial charge in [0, 0.05) is 6.54 Å². The van der Waals surface area contributed by atoms with Crippen LogP contribution in [0, 0.1) is 0 Å². The number of hydrogen-bond acceptors (Lipinski definition) is 3. The molecule has 0 spiro atoms. The third kappa shape index (κ3) is 5.30. The zero-order valence-corrected chi connectivity index (χ0v) is 10.2. The van der Waals surface area contributed by atoms with Crippen molar-refractivity contribution in [1.82, 2.24) is 5.32 Å². The Morgan fingerprint density at radius 2 is 2.06 bits per heavy atom. The molecule has 1 rings (SSSR count). The first-order chi connectivity index (χ1) is 8.74. The minimum Gasteiger partial charge on any atom is -0.489 e. The molecule has 0 aliphatic heterocycles. The highest BCUT2D eigenvalue weighted by atomic mass is 16.5. The first-order valence-corrected chi connectivity index (χ1v) is 5.86. The number of hydrogen-bond donors (Lipinski definition) is 1. The second-order valence-electron chi connectivity index (χ2n) is 3.69. The molecule has 0 saturated heterocycles. The molecule has 0 bridgehead atoms. The largest absolute Gasteiger partial charge is 0.489 e.